The molecule has 5 heteroatoms. The number of carbonyl (C=O) groups excluding carboxylic acids is 1. The minimum absolute atomic E-state index is 0.0215. The van der Waals surface area contributed by atoms with Gasteiger partial charge in [-0.2, -0.15) is 0 Å². The molecular weight excluding hydrogens is 320 g/mol. The van der Waals surface area contributed by atoms with Gasteiger partial charge in [-0.15, -0.1) is 0 Å². The van der Waals surface area contributed by atoms with E-state index in [0.29, 0.717) is 17.0 Å². The van der Waals surface area contributed by atoms with E-state index in [2.05, 4.69) is 26.2 Å². The number of nitrogens with one attached hydrogen (secondary N) is 1. The molecule has 0 aliphatic carbocycles. The number of anilines is 1. The van der Waals surface area contributed by atoms with E-state index < -0.39 is 0 Å². The zero-order valence-electron chi connectivity index (χ0n) is 10.4. The van der Waals surface area contributed by atoms with Gasteiger partial charge in [0, 0.05) is 15.6 Å². The Morgan fingerprint density at radius 2 is 1.95 bits per heavy atom. The van der Waals surface area contributed by atoms with Crippen LogP contribution < -0.4 is 5.32 Å². The van der Waals surface area contributed by atoms with Gasteiger partial charge in [-0.1, -0.05) is 46.3 Å². The molecule has 2 N–H and O–H groups in total. The minimum Gasteiger partial charge on any atom is -0.506 e. The van der Waals surface area contributed by atoms with Crippen molar-refractivity contribution in [2.24, 2.45) is 4.99 Å². The van der Waals surface area contributed by atoms with Crippen LogP contribution in [0.2, 0.25) is 0 Å². The summed E-state index contributed by atoms with van der Waals surface area (Å²) in [5.41, 5.74) is 2.70. The number of fused-ring (bicyclic) bond motifs is 1. The van der Waals surface area contributed by atoms with E-state index >= 15 is 0 Å². The Morgan fingerprint density at radius 1 is 1.20 bits per heavy atom. The van der Waals surface area contributed by atoms with Crippen molar-refractivity contribution in [3.63, 3.8) is 0 Å². The first-order chi connectivity index (χ1) is 9.65. The number of nitrogens with zero attached hydrogens (tertiary/aromatic N) is 1. The zero-order valence-corrected chi connectivity index (χ0v) is 12.0. The first-order valence-corrected chi connectivity index (χ1v) is 6.87. The van der Waals surface area contributed by atoms with Crippen molar-refractivity contribution in [1.29, 1.82) is 0 Å². The summed E-state index contributed by atoms with van der Waals surface area (Å²) in [5.74, 6) is -0.219. The molecule has 3 rings (SSSR count). The molecule has 2 aromatic carbocycles. The van der Waals surface area contributed by atoms with E-state index in [4.69, 9.17) is 0 Å². The summed E-state index contributed by atoms with van der Waals surface area (Å²) in [6.45, 7) is 0.0377. The standard InChI is InChI=1S/C15H11BrN2O2/c16-10-6-11-14(9-4-2-1-3-5-9)17-8-13(20)18-15(11)12(19)7-10/h1-7,19H,8H2,(H,18,20). The van der Waals surface area contributed by atoms with E-state index in [9.17, 15) is 9.90 Å². The number of rotatable bonds is 1. The lowest BCUT2D eigenvalue weighted by Crippen LogP contribution is -2.13. The van der Waals surface area contributed by atoms with Gasteiger partial charge < -0.3 is 10.4 Å². The van der Waals surface area contributed by atoms with Crippen LogP contribution in [0.1, 0.15) is 11.1 Å². The number of aliphatic imine (C=N–C) groups is 1. The van der Waals surface area contributed by atoms with Gasteiger partial charge in [0.05, 0.1) is 11.4 Å². The van der Waals surface area contributed by atoms with Crippen molar-refractivity contribution in [3.8, 4) is 5.75 Å². The SMILES string of the molecule is O=C1CN=C(c2ccccc2)c2cc(Br)cc(O)c2N1. The van der Waals surface area contributed by atoms with Crippen LogP contribution in [-0.2, 0) is 4.79 Å². The zero-order chi connectivity index (χ0) is 14.1. The van der Waals surface area contributed by atoms with Crippen LogP contribution in [0.15, 0.2) is 51.9 Å². The smallest absolute Gasteiger partial charge is 0.246 e. The summed E-state index contributed by atoms with van der Waals surface area (Å²) in [4.78, 5) is 16.1. The fourth-order valence-electron chi connectivity index (χ4n) is 2.17. The van der Waals surface area contributed by atoms with Gasteiger partial charge >= 0.3 is 0 Å². The number of phenols is 1. The van der Waals surface area contributed by atoms with Crippen molar-refractivity contribution < 1.29 is 9.90 Å². The van der Waals surface area contributed by atoms with E-state index in [1.54, 1.807) is 6.07 Å². The number of halogens is 1. The largest absolute Gasteiger partial charge is 0.506 e. The van der Waals surface area contributed by atoms with Crippen molar-refractivity contribution in [2.75, 3.05) is 11.9 Å². The molecule has 4 nitrogen and oxygen atoms in total. The molecule has 0 saturated heterocycles. The Hall–Kier alpha value is -2.14. The monoisotopic (exact) mass is 330 g/mol. The molecule has 0 unspecified atom stereocenters. The average molecular weight is 331 g/mol. The molecular formula is C15H11BrN2O2. The second kappa shape index (κ2) is 5.09. The molecule has 1 aliphatic rings. The molecule has 0 spiro atoms. The molecule has 2 aromatic rings. The third kappa shape index (κ3) is 2.32. The maximum absolute atomic E-state index is 11.7. The normalized spacial score (nSPS) is 14.1. The molecule has 1 heterocycles. The Kier molecular flexibility index (Phi) is 3.28. The number of phenolic OH excluding ortho intramolecular Hbond substituents is 1. The van der Waals surface area contributed by atoms with Gasteiger partial charge in [0.1, 0.15) is 12.3 Å². The first-order valence-electron chi connectivity index (χ1n) is 6.08. The molecule has 0 saturated carbocycles. The summed E-state index contributed by atoms with van der Waals surface area (Å²) in [6.07, 6.45) is 0. The highest BCUT2D eigenvalue weighted by Crippen LogP contribution is 2.34. The maximum Gasteiger partial charge on any atom is 0.246 e. The Morgan fingerprint density at radius 3 is 2.70 bits per heavy atom. The topological polar surface area (TPSA) is 61.7 Å². The molecule has 0 atom stereocenters. The molecule has 100 valence electrons. The minimum atomic E-state index is -0.241. The maximum atomic E-state index is 11.7. The molecule has 20 heavy (non-hydrogen) atoms. The van der Waals surface area contributed by atoms with Crippen LogP contribution in [0.4, 0.5) is 5.69 Å². The Balaban J connectivity index is 2.24. The number of benzodiazepines with no additional fused rings is 1. The number of hydrogen-bond donors (Lipinski definition) is 2. The second-order valence-corrected chi connectivity index (χ2v) is 5.34. The fourth-order valence-corrected chi connectivity index (χ4v) is 2.61. The quantitative estimate of drug-likeness (QED) is 0.789. The summed E-state index contributed by atoms with van der Waals surface area (Å²) >= 11 is 3.35. The Bertz CT molecular complexity index is 711. The predicted octanol–water partition coefficient (Wildman–Crippen LogP) is 2.94. The van der Waals surface area contributed by atoms with Crippen LogP contribution >= 0.6 is 15.9 Å². The molecule has 0 aromatic heterocycles. The van der Waals surface area contributed by atoms with Gasteiger partial charge in [0.15, 0.2) is 0 Å². The van der Waals surface area contributed by atoms with Gasteiger partial charge in [0.2, 0.25) is 5.91 Å². The number of carbonyl (C=O) groups is 1. The van der Waals surface area contributed by atoms with E-state index in [0.717, 1.165) is 10.0 Å². The van der Waals surface area contributed by atoms with Gasteiger partial charge in [-0.25, -0.2) is 0 Å². The number of amides is 1. The molecule has 0 fully saturated rings. The molecule has 1 aliphatic heterocycles. The van der Waals surface area contributed by atoms with Crippen LogP contribution in [-0.4, -0.2) is 23.3 Å². The van der Waals surface area contributed by atoms with Crippen LogP contribution in [0.25, 0.3) is 0 Å². The molecule has 0 bridgehead atoms. The summed E-state index contributed by atoms with van der Waals surface area (Å²) in [5, 5.41) is 12.7. The number of aromatic hydroxyl groups is 1. The highest BCUT2D eigenvalue weighted by atomic mass is 79.9. The third-order valence-electron chi connectivity index (χ3n) is 3.03. The van der Waals surface area contributed by atoms with E-state index in [-0.39, 0.29) is 18.2 Å². The second-order valence-electron chi connectivity index (χ2n) is 4.43. The van der Waals surface area contributed by atoms with Crippen molar-refractivity contribution in [1.82, 2.24) is 0 Å². The van der Waals surface area contributed by atoms with Crippen LogP contribution in [0, 0.1) is 0 Å². The Labute approximate surface area is 124 Å². The highest BCUT2D eigenvalue weighted by Gasteiger charge is 2.21. The third-order valence-corrected chi connectivity index (χ3v) is 3.49. The van der Waals surface area contributed by atoms with Gasteiger partial charge in [-0.05, 0) is 12.1 Å². The van der Waals surface area contributed by atoms with Crippen molar-refractivity contribution in [2.45, 2.75) is 0 Å². The van der Waals surface area contributed by atoms with E-state index in [1.165, 1.54) is 0 Å². The fraction of sp³-hybridized carbons (Fsp3) is 0.0667. The number of benzene rings is 2. The first kappa shape index (κ1) is 12.9. The summed E-state index contributed by atoms with van der Waals surface area (Å²) in [6, 6.07) is 13.0. The molecule has 1 amide bonds. The predicted molar refractivity (Wildman–Crippen MR) is 81.4 cm³/mol. The van der Waals surface area contributed by atoms with Gasteiger partial charge in [0.25, 0.3) is 0 Å². The van der Waals surface area contributed by atoms with Crippen molar-refractivity contribution >= 4 is 33.2 Å². The van der Waals surface area contributed by atoms with Crippen molar-refractivity contribution in [3.05, 3.63) is 58.1 Å². The molecule has 0 radical (unpaired) electrons. The lowest BCUT2D eigenvalue weighted by Gasteiger charge is -2.12. The lowest BCUT2D eigenvalue weighted by atomic mass is 10.0. The summed E-state index contributed by atoms with van der Waals surface area (Å²) in [7, 11) is 0. The highest BCUT2D eigenvalue weighted by molar-refractivity contribution is 9.10. The van der Waals surface area contributed by atoms with E-state index in [1.807, 2.05) is 36.4 Å². The van der Waals surface area contributed by atoms with Crippen LogP contribution in [0.5, 0.6) is 5.75 Å². The van der Waals surface area contributed by atoms with Crippen LogP contribution in [0.3, 0.4) is 0 Å². The summed E-state index contributed by atoms with van der Waals surface area (Å²) < 4.78 is 0.730. The average Bonchev–Trinajstić information content (AvgIpc) is 2.59. The number of hydrogen-bond acceptors (Lipinski definition) is 3. The van der Waals surface area contributed by atoms with Gasteiger partial charge in [-0.3, -0.25) is 9.79 Å². The lowest BCUT2D eigenvalue weighted by molar-refractivity contribution is -0.114.